The van der Waals surface area contributed by atoms with Crippen molar-refractivity contribution < 1.29 is 23.5 Å². The summed E-state index contributed by atoms with van der Waals surface area (Å²) < 4.78 is 11.3. The molecule has 0 aromatic heterocycles. The van der Waals surface area contributed by atoms with Gasteiger partial charge in [0, 0.05) is 18.9 Å². The maximum atomic E-state index is 11.8. The fraction of sp³-hybridized carbons (Fsp3) is 0.812. The number of amides is 2. The minimum absolute atomic E-state index is 0.0212. The molecule has 8 heteroatoms. The van der Waals surface area contributed by atoms with Crippen LogP contribution in [0.15, 0.2) is 0 Å². The average molecular weight is 361 g/mol. The summed E-state index contributed by atoms with van der Waals surface area (Å²) in [6, 6.07) is 0. The zero-order chi connectivity index (χ0) is 19.3. The quantitative estimate of drug-likeness (QED) is 0.504. The Bertz CT molecular complexity index is 483. The molecule has 7 nitrogen and oxygen atoms in total. The zero-order valence-electron chi connectivity index (χ0n) is 16.1. The molecule has 24 heavy (non-hydrogen) atoms. The average Bonchev–Trinajstić information content (AvgIpc) is 2.38. The predicted octanol–water partition coefficient (Wildman–Crippen LogP) is 1.57. The third kappa shape index (κ3) is 7.00. The van der Waals surface area contributed by atoms with Gasteiger partial charge in [0.1, 0.15) is 6.54 Å². The number of carbonyl (C=O) groups is 3. The summed E-state index contributed by atoms with van der Waals surface area (Å²) in [7, 11) is -2.01. The summed E-state index contributed by atoms with van der Waals surface area (Å²) in [6.45, 7) is 15.3. The van der Waals surface area contributed by atoms with E-state index in [4.69, 9.17) is 14.9 Å². The van der Waals surface area contributed by atoms with E-state index in [0.29, 0.717) is 0 Å². The van der Waals surface area contributed by atoms with Gasteiger partial charge in [-0.15, -0.1) is 0 Å². The first-order valence-electron chi connectivity index (χ1n) is 7.97. The predicted molar refractivity (Wildman–Crippen MR) is 94.7 cm³/mol. The molecule has 0 aliphatic rings. The van der Waals surface area contributed by atoms with Crippen LogP contribution in [0.5, 0.6) is 0 Å². The molecule has 0 aromatic rings. The molecule has 3 N–H and O–H groups in total. The Morgan fingerprint density at radius 1 is 1.12 bits per heavy atom. The van der Waals surface area contributed by atoms with Gasteiger partial charge in [0.05, 0.1) is 0 Å². The second kappa shape index (κ2) is 8.11. The molecule has 0 unspecified atom stereocenters. The van der Waals surface area contributed by atoms with Crippen molar-refractivity contribution in [3.8, 4) is 0 Å². The third-order valence-electron chi connectivity index (χ3n) is 4.31. The molecule has 0 aliphatic carbocycles. The lowest BCUT2D eigenvalue weighted by Crippen LogP contribution is -2.50. The molecule has 0 saturated heterocycles. The van der Waals surface area contributed by atoms with Gasteiger partial charge < -0.3 is 20.2 Å². The van der Waals surface area contributed by atoms with Crippen molar-refractivity contribution in [2.45, 2.75) is 65.8 Å². The van der Waals surface area contributed by atoms with Crippen molar-refractivity contribution >= 4 is 26.1 Å². The number of hydrogen-bond acceptors (Lipinski definition) is 5. The summed E-state index contributed by atoms with van der Waals surface area (Å²) in [5, 5.41) is 2.35. The number of hydrogen-bond donors (Lipinski definition) is 2. The Hall–Kier alpha value is -1.41. The molecule has 0 heterocycles. The van der Waals surface area contributed by atoms with Gasteiger partial charge in [-0.05, 0) is 18.1 Å². The van der Waals surface area contributed by atoms with Crippen molar-refractivity contribution in [2.75, 3.05) is 13.2 Å². The van der Waals surface area contributed by atoms with Gasteiger partial charge in [0.2, 0.25) is 5.91 Å². The molecule has 0 fully saturated rings. The van der Waals surface area contributed by atoms with E-state index in [1.54, 1.807) is 13.8 Å². The molecule has 140 valence electrons. The fourth-order valence-corrected chi connectivity index (χ4v) is 2.80. The topological polar surface area (TPSA) is 108 Å². The number of primary amides is 1. The van der Waals surface area contributed by atoms with E-state index < -0.39 is 31.7 Å². The number of nitrogens with two attached hydrogens (primary N) is 1. The van der Waals surface area contributed by atoms with Crippen molar-refractivity contribution in [3.05, 3.63) is 0 Å². The second-order valence-electron chi connectivity index (χ2n) is 8.22. The molecular formula is C16H32N2O5Si. The van der Waals surface area contributed by atoms with E-state index in [0.717, 1.165) is 0 Å². The fourth-order valence-electron chi connectivity index (χ4n) is 1.63. The van der Waals surface area contributed by atoms with E-state index in [1.807, 2.05) is 0 Å². The van der Waals surface area contributed by atoms with Crippen LogP contribution in [0.1, 0.15) is 41.5 Å². The van der Waals surface area contributed by atoms with E-state index in [2.05, 4.69) is 39.2 Å². The summed E-state index contributed by atoms with van der Waals surface area (Å²) in [5.41, 5.74) is 4.62. The van der Waals surface area contributed by atoms with E-state index in [9.17, 15) is 14.4 Å². The van der Waals surface area contributed by atoms with Gasteiger partial charge in [-0.1, -0.05) is 34.6 Å². The lowest BCUT2D eigenvalue weighted by Gasteiger charge is -2.40. The Morgan fingerprint density at radius 2 is 1.62 bits per heavy atom. The SMILES string of the molecule is CC(=O)NCC(=O)O[C@@H](C(N)=O)C(C)(C)CO[Si](C)(C)C(C)(C)C. The van der Waals surface area contributed by atoms with Crippen LogP contribution in [0, 0.1) is 5.41 Å². The largest absolute Gasteiger partial charge is 0.450 e. The first-order valence-corrected chi connectivity index (χ1v) is 10.9. The van der Waals surface area contributed by atoms with Crippen molar-refractivity contribution in [1.82, 2.24) is 5.32 Å². The van der Waals surface area contributed by atoms with Crippen LogP contribution >= 0.6 is 0 Å². The molecule has 0 spiro atoms. The highest BCUT2D eigenvalue weighted by Crippen LogP contribution is 2.38. The van der Waals surface area contributed by atoms with Gasteiger partial charge in [0.15, 0.2) is 14.4 Å². The number of ether oxygens (including phenoxy) is 1. The smallest absolute Gasteiger partial charge is 0.326 e. The van der Waals surface area contributed by atoms with Crippen LogP contribution in [0.2, 0.25) is 18.1 Å². The molecule has 0 saturated carbocycles. The molecular weight excluding hydrogens is 328 g/mol. The van der Waals surface area contributed by atoms with Crippen LogP contribution in [0.4, 0.5) is 0 Å². The van der Waals surface area contributed by atoms with E-state index in [-0.39, 0.29) is 24.1 Å². The van der Waals surface area contributed by atoms with Crippen molar-refractivity contribution in [2.24, 2.45) is 11.1 Å². The maximum Gasteiger partial charge on any atom is 0.326 e. The molecule has 2 amide bonds. The number of carbonyl (C=O) groups excluding carboxylic acids is 3. The van der Waals surface area contributed by atoms with Crippen molar-refractivity contribution in [3.63, 3.8) is 0 Å². The van der Waals surface area contributed by atoms with Gasteiger partial charge in [-0.3, -0.25) is 14.4 Å². The Balaban J connectivity index is 4.99. The Morgan fingerprint density at radius 3 is 2.00 bits per heavy atom. The van der Waals surface area contributed by atoms with Crippen LogP contribution < -0.4 is 11.1 Å². The zero-order valence-corrected chi connectivity index (χ0v) is 17.1. The van der Waals surface area contributed by atoms with E-state index in [1.165, 1.54) is 6.92 Å². The Labute approximate surface area is 145 Å². The summed E-state index contributed by atoms with van der Waals surface area (Å²) in [5.74, 6) is -1.81. The first kappa shape index (κ1) is 22.6. The highest BCUT2D eigenvalue weighted by atomic mass is 28.4. The number of rotatable bonds is 8. The summed E-state index contributed by atoms with van der Waals surface area (Å²) >= 11 is 0. The van der Waals surface area contributed by atoms with Gasteiger partial charge >= 0.3 is 5.97 Å². The number of nitrogens with one attached hydrogen (secondary N) is 1. The van der Waals surface area contributed by atoms with Gasteiger partial charge in [-0.25, -0.2) is 0 Å². The molecule has 0 aromatic carbocycles. The second-order valence-corrected chi connectivity index (χ2v) is 13.0. The maximum absolute atomic E-state index is 11.8. The number of esters is 1. The minimum atomic E-state index is -2.01. The van der Waals surface area contributed by atoms with Crippen LogP contribution in [0.3, 0.4) is 0 Å². The normalized spacial score (nSPS) is 14.0. The van der Waals surface area contributed by atoms with E-state index >= 15 is 0 Å². The highest BCUT2D eigenvalue weighted by molar-refractivity contribution is 6.74. The molecule has 0 aliphatic heterocycles. The Kier molecular flexibility index (Phi) is 7.63. The van der Waals surface area contributed by atoms with Crippen LogP contribution in [-0.4, -0.2) is 45.4 Å². The highest BCUT2D eigenvalue weighted by Gasteiger charge is 2.42. The molecule has 0 rings (SSSR count). The minimum Gasteiger partial charge on any atom is -0.450 e. The standard InChI is InChI=1S/C16H32N2O5Si/c1-11(19)18-9-12(20)23-13(14(17)21)16(5,6)10-22-24(7,8)15(2,3)4/h13H,9-10H2,1-8H3,(H2,17,21)(H,18,19)/t13-/m0/s1. The lowest BCUT2D eigenvalue weighted by molar-refractivity contribution is -0.163. The van der Waals surface area contributed by atoms with Crippen LogP contribution in [-0.2, 0) is 23.5 Å². The third-order valence-corrected chi connectivity index (χ3v) is 8.79. The summed E-state index contributed by atoms with van der Waals surface area (Å²) in [4.78, 5) is 34.4. The first-order chi connectivity index (χ1) is 10.6. The molecule has 0 radical (unpaired) electrons. The van der Waals surface area contributed by atoms with Crippen LogP contribution in [0.25, 0.3) is 0 Å². The molecule has 0 bridgehead atoms. The van der Waals surface area contributed by atoms with Gasteiger partial charge in [0.25, 0.3) is 5.91 Å². The van der Waals surface area contributed by atoms with Crippen molar-refractivity contribution in [1.29, 1.82) is 0 Å². The molecule has 1 atom stereocenters. The monoisotopic (exact) mass is 360 g/mol. The lowest BCUT2D eigenvalue weighted by atomic mass is 9.87. The van der Waals surface area contributed by atoms with Gasteiger partial charge in [-0.2, -0.15) is 0 Å². The summed E-state index contributed by atoms with van der Waals surface area (Å²) in [6.07, 6.45) is -1.14.